The minimum Gasteiger partial charge on any atom is -0.320 e. The van der Waals surface area contributed by atoms with Crippen molar-refractivity contribution in [2.75, 3.05) is 11.9 Å². The standard InChI is InChI=1S/C24H22BrN3O2/c25-19-15-16(8-10-20(19)28-24(30)21-7-3-4-13-26-21)9-11-22(29)23-18-6-2-1-5-17(18)12-14-27-23/h1-8,10,13,15,23,27H,9,11-12,14H2,(H,28,30). The Morgan fingerprint density at radius 2 is 1.93 bits per heavy atom. The Balaban J connectivity index is 1.38. The molecule has 0 saturated heterocycles. The molecular weight excluding hydrogens is 442 g/mol. The summed E-state index contributed by atoms with van der Waals surface area (Å²) in [7, 11) is 0. The summed E-state index contributed by atoms with van der Waals surface area (Å²) in [6.07, 6.45) is 3.65. The molecular formula is C24H22BrN3O2. The molecule has 0 saturated carbocycles. The van der Waals surface area contributed by atoms with E-state index in [1.807, 2.05) is 36.4 Å². The molecule has 5 nitrogen and oxygen atoms in total. The summed E-state index contributed by atoms with van der Waals surface area (Å²) in [5, 5.41) is 6.21. The van der Waals surface area contributed by atoms with E-state index < -0.39 is 0 Å². The number of pyridine rings is 1. The van der Waals surface area contributed by atoms with Gasteiger partial charge in [-0.15, -0.1) is 0 Å². The lowest BCUT2D eigenvalue weighted by molar-refractivity contribution is -0.121. The van der Waals surface area contributed by atoms with Crippen LogP contribution < -0.4 is 10.6 Å². The molecule has 1 amide bonds. The van der Waals surface area contributed by atoms with E-state index in [0.717, 1.165) is 28.6 Å². The van der Waals surface area contributed by atoms with Gasteiger partial charge >= 0.3 is 0 Å². The second kappa shape index (κ2) is 9.32. The first kappa shape index (κ1) is 20.4. The summed E-state index contributed by atoms with van der Waals surface area (Å²) in [5.41, 5.74) is 4.42. The molecule has 152 valence electrons. The quantitative estimate of drug-likeness (QED) is 0.564. The van der Waals surface area contributed by atoms with Crippen molar-refractivity contribution in [3.05, 3.63) is 93.7 Å². The predicted octanol–water partition coefficient (Wildman–Crippen LogP) is 4.49. The van der Waals surface area contributed by atoms with Crippen molar-refractivity contribution in [3.63, 3.8) is 0 Å². The largest absolute Gasteiger partial charge is 0.320 e. The van der Waals surface area contributed by atoms with Crippen LogP contribution in [-0.2, 0) is 17.6 Å². The number of carbonyl (C=O) groups is 2. The molecule has 0 aliphatic carbocycles. The van der Waals surface area contributed by atoms with Crippen molar-refractivity contribution in [2.45, 2.75) is 25.3 Å². The van der Waals surface area contributed by atoms with Gasteiger partial charge in [0.2, 0.25) is 0 Å². The number of aromatic nitrogens is 1. The van der Waals surface area contributed by atoms with Crippen LogP contribution in [0.5, 0.6) is 0 Å². The first-order chi connectivity index (χ1) is 14.6. The van der Waals surface area contributed by atoms with E-state index in [0.29, 0.717) is 24.2 Å². The van der Waals surface area contributed by atoms with E-state index in [1.54, 1.807) is 24.4 Å². The van der Waals surface area contributed by atoms with Crippen molar-refractivity contribution in [1.82, 2.24) is 10.3 Å². The fraction of sp³-hybridized carbons (Fsp3) is 0.208. The molecule has 3 aromatic rings. The minimum absolute atomic E-state index is 0.200. The van der Waals surface area contributed by atoms with E-state index in [-0.39, 0.29) is 17.7 Å². The predicted molar refractivity (Wildman–Crippen MR) is 121 cm³/mol. The number of nitrogens with zero attached hydrogens (tertiary/aromatic N) is 1. The van der Waals surface area contributed by atoms with Crippen LogP contribution in [0.2, 0.25) is 0 Å². The number of carbonyl (C=O) groups excluding carboxylic acids is 2. The van der Waals surface area contributed by atoms with Gasteiger partial charge in [-0.1, -0.05) is 36.4 Å². The van der Waals surface area contributed by atoms with Gasteiger partial charge in [-0.2, -0.15) is 0 Å². The van der Waals surface area contributed by atoms with Crippen molar-refractivity contribution < 1.29 is 9.59 Å². The van der Waals surface area contributed by atoms with Crippen LogP contribution in [0.1, 0.15) is 39.6 Å². The maximum Gasteiger partial charge on any atom is 0.274 e. The molecule has 0 spiro atoms. The van der Waals surface area contributed by atoms with Crippen molar-refractivity contribution in [3.8, 4) is 0 Å². The number of nitrogens with one attached hydrogen (secondary N) is 2. The Bertz CT molecular complexity index is 1070. The smallest absolute Gasteiger partial charge is 0.274 e. The Labute approximate surface area is 184 Å². The van der Waals surface area contributed by atoms with Crippen molar-refractivity contribution >= 4 is 33.3 Å². The maximum absolute atomic E-state index is 12.9. The number of aryl methyl sites for hydroxylation is 1. The van der Waals surface area contributed by atoms with Gasteiger partial charge in [0, 0.05) is 23.6 Å². The third kappa shape index (κ3) is 4.66. The van der Waals surface area contributed by atoms with Crippen LogP contribution >= 0.6 is 15.9 Å². The van der Waals surface area contributed by atoms with Crippen molar-refractivity contribution in [1.29, 1.82) is 0 Å². The van der Waals surface area contributed by atoms with Gasteiger partial charge in [-0.3, -0.25) is 14.6 Å². The number of ketones is 1. The highest BCUT2D eigenvalue weighted by Gasteiger charge is 2.25. The highest BCUT2D eigenvalue weighted by molar-refractivity contribution is 9.10. The fourth-order valence-electron chi connectivity index (χ4n) is 3.70. The van der Waals surface area contributed by atoms with Gasteiger partial charge in [0.05, 0.1) is 11.7 Å². The van der Waals surface area contributed by atoms with Crippen LogP contribution in [0.3, 0.4) is 0 Å². The number of hydrogen-bond donors (Lipinski definition) is 2. The molecule has 6 heteroatoms. The molecule has 1 atom stereocenters. The highest BCUT2D eigenvalue weighted by Crippen LogP contribution is 2.27. The van der Waals surface area contributed by atoms with Gasteiger partial charge in [0.1, 0.15) is 5.69 Å². The number of halogens is 1. The van der Waals surface area contributed by atoms with Gasteiger partial charge in [-0.25, -0.2) is 0 Å². The molecule has 2 aromatic carbocycles. The number of fused-ring (bicyclic) bond motifs is 1. The van der Waals surface area contributed by atoms with Gasteiger partial charge in [0.25, 0.3) is 5.91 Å². The van der Waals surface area contributed by atoms with E-state index in [4.69, 9.17) is 0 Å². The number of benzene rings is 2. The topological polar surface area (TPSA) is 71.1 Å². The Hall–Kier alpha value is -2.83. The molecule has 0 radical (unpaired) electrons. The summed E-state index contributed by atoms with van der Waals surface area (Å²) >= 11 is 3.52. The fourth-order valence-corrected chi connectivity index (χ4v) is 4.23. The normalized spacial score (nSPS) is 15.3. The summed E-state index contributed by atoms with van der Waals surface area (Å²) in [6, 6.07) is 18.9. The van der Waals surface area contributed by atoms with Crippen LogP contribution in [0.25, 0.3) is 0 Å². The van der Waals surface area contributed by atoms with Crippen LogP contribution in [0.15, 0.2) is 71.3 Å². The molecule has 0 bridgehead atoms. The van der Waals surface area contributed by atoms with Crippen molar-refractivity contribution in [2.24, 2.45) is 0 Å². The number of hydrogen-bond acceptors (Lipinski definition) is 4. The summed E-state index contributed by atoms with van der Waals surface area (Å²) in [5.74, 6) is -0.0629. The van der Waals surface area contributed by atoms with E-state index in [2.05, 4.69) is 37.6 Å². The van der Waals surface area contributed by atoms with Crippen LogP contribution in [0, 0.1) is 0 Å². The summed E-state index contributed by atoms with van der Waals surface area (Å²) in [4.78, 5) is 29.2. The monoisotopic (exact) mass is 463 g/mol. The number of rotatable bonds is 6. The molecule has 1 aliphatic heterocycles. The first-order valence-corrected chi connectivity index (χ1v) is 10.8. The molecule has 2 heterocycles. The van der Waals surface area contributed by atoms with Gasteiger partial charge in [-0.05, 0) is 69.7 Å². The molecule has 30 heavy (non-hydrogen) atoms. The Morgan fingerprint density at radius 1 is 1.10 bits per heavy atom. The zero-order valence-corrected chi connectivity index (χ0v) is 18.0. The van der Waals surface area contributed by atoms with E-state index in [9.17, 15) is 9.59 Å². The number of anilines is 1. The Kier molecular flexibility index (Phi) is 6.35. The van der Waals surface area contributed by atoms with Gasteiger partial charge < -0.3 is 10.6 Å². The third-order valence-corrected chi connectivity index (χ3v) is 5.93. The Morgan fingerprint density at radius 3 is 2.73 bits per heavy atom. The highest BCUT2D eigenvalue weighted by atomic mass is 79.9. The van der Waals surface area contributed by atoms with Crippen LogP contribution in [-0.4, -0.2) is 23.2 Å². The average molecular weight is 464 g/mol. The molecule has 1 aromatic heterocycles. The summed E-state index contributed by atoms with van der Waals surface area (Å²) in [6.45, 7) is 0.823. The SMILES string of the molecule is O=C(Nc1ccc(CCC(=O)C2NCCc3ccccc32)cc1Br)c1ccccn1. The maximum atomic E-state index is 12.9. The second-order valence-electron chi connectivity index (χ2n) is 7.29. The zero-order valence-electron chi connectivity index (χ0n) is 16.4. The summed E-state index contributed by atoms with van der Waals surface area (Å²) < 4.78 is 0.776. The molecule has 4 rings (SSSR count). The number of Topliss-reactive ketones (excluding diaryl/α,β-unsaturated/α-hetero) is 1. The zero-order chi connectivity index (χ0) is 20.9. The molecule has 1 unspecified atom stereocenters. The lowest BCUT2D eigenvalue weighted by Crippen LogP contribution is -2.35. The lowest BCUT2D eigenvalue weighted by Gasteiger charge is -2.25. The molecule has 0 fully saturated rings. The van der Waals surface area contributed by atoms with Gasteiger partial charge in [0.15, 0.2) is 5.78 Å². The van der Waals surface area contributed by atoms with E-state index in [1.165, 1.54) is 5.56 Å². The molecule has 2 N–H and O–H groups in total. The average Bonchev–Trinajstić information content (AvgIpc) is 2.79. The third-order valence-electron chi connectivity index (χ3n) is 5.27. The number of amides is 1. The molecule has 1 aliphatic rings. The van der Waals surface area contributed by atoms with Crippen LogP contribution in [0.4, 0.5) is 5.69 Å². The van der Waals surface area contributed by atoms with E-state index >= 15 is 0 Å². The first-order valence-electron chi connectivity index (χ1n) is 9.96. The lowest BCUT2D eigenvalue weighted by atomic mass is 9.90. The second-order valence-corrected chi connectivity index (χ2v) is 8.14. The minimum atomic E-state index is -0.263.